The molecular weight excluding hydrogens is 350 g/mol. The fraction of sp³-hybridized carbons (Fsp3) is 0.176. The van der Waals surface area contributed by atoms with Crippen molar-refractivity contribution in [3.63, 3.8) is 0 Å². The maximum Gasteiger partial charge on any atom is 0.255 e. The van der Waals surface area contributed by atoms with Crippen molar-refractivity contribution in [1.82, 2.24) is 5.32 Å². The normalized spacial score (nSPS) is 13.0. The summed E-state index contributed by atoms with van der Waals surface area (Å²) in [5.41, 5.74) is 4.70. The molecule has 2 aromatic carbocycles. The van der Waals surface area contributed by atoms with Gasteiger partial charge in [0.25, 0.3) is 5.91 Å². The highest BCUT2D eigenvalue weighted by Crippen LogP contribution is 2.12. The number of carbonyl (C=O) groups excluding carboxylic acids is 2. The highest BCUT2D eigenvalue weighted by molar-refractivity contribution is 7.85. The Morgan fingerprint density at radius 3 is 2.40 bits per heavy atom. The first kappa shape index (κ1) is 18.7. The summed E-state index contributed by atoms with van der Waals surface area (Å²) >= 11 is 0. The lowest BCUT2D eigenvalue weighted by molar-refractivity contribution is -0.119. The van der Waals surface area contributed by atoms with Gasteiger partial charge >= 0.3 is 0 Å². The molecule has 0 aromatic heterocycles. The number of nitrogens with one attached hydrogen (secondary N) is 1. The van der Waals surface area contributed by atoms with Crippen LogP contribution in [0, 0.1) is 11.6 Å². The van der Waals surface area contributed by atoms with Crippen LogP contribution >= 0.6 is 0 Å². The summed E-state index contributed by atoms with van der Waals surface area (Å²) in [4.78, 5) is 24.1. The van der Waals surface area contributed by atoms with Gasteiger partial charge in [-0.25, -0.2) is 8.78 Å². The lowest BCUT2D eigenvalue weighted by Gasteiger charge is -2.15. The first-order chi connectivity index (χ1) is 11.9. The Bertz CT molecular complexity index is 800. The van der Waals surface area contributed by atoms with Gasteiger partial charge < -0.3 is 11.1 Å². The molecule has 0 saturated carbocycles. The summed E-state index contributed by atoms with van der Waals surface area (Å²) in [7, 11) is -1.38. The van der Waals surface area contributed by atoms with E-state index in [2.05, 4.69) is 5.32 Å². The van der Waals surface area contributed by atoms with Crippen LogP contribution < -0.4 is 11.1 Å². The largest absolute Gasteiger partial charge is 0.368 e. The van der Waals surface area contributed by atoms with Gasteiger partial charge in [-0.05, 0) is 30.7 Å². The number of halogens is 2. The highest BCUT2D eigenvalue weighted by atomic mass is 32.2. The zero-order valence-corrected chi connectivity index (χ0v) is 13.9. The molecule has 0 bridgehead atoms. The number of primary amides is 1. The summed E-state index contributed by atoms with van der Waals surface area (Å²) < 4.78 is 39.0. The molecule has 2 atom stereocenters. The third-order valence-electron chi connectivity index (χ3n) is 3.44. The highest BCUT2D eigenvalue weighted by Gasteiger charge is 2.22. The lowest BCUT2D eigenvalue weighted by atomic mass is 10.1. The van der Waals surface area contributed by atoms with Crippen LogP contribution in [0.2, 0.25) is 0 Å². The van der Waals surface area contributed by atoms with E-state index in [0.717, 1.165) is 12.1 Å². The van der Waals surface area contributed by atoms with Gasteiger partial charge in [0.1, 0.15) is 6.04 Å². The molecule has 25 heavy (non-hydrogen) atoms. The number of carbonyl (C=O) groups is 2. The molecule has 2 amide bonds. The van der Waals surface area contributed by atoms with Crippen LogP contribution in [0.25, 0.3) is 0 Å². The molecule has 5 nitrogen and oxygen atoms in total. The number of nitrogens with two attached hydrogens (primary N) is 1. The maximum absolute atomic E-state index is 13.6. The summed E-state index contributed by atoms with van der Waals surface area (Å²) in [5.74, 6) is -4.23. The summed E-state index contributed by atoms with van der Waals surface area (Å²) in [6, 6.07) is 10.6. The van der Waals surface area contributed by atoms with E-state index >= 15 is 0 Å². The second kappa shape index (κ2) is 8.48. The Morgan fingerprint density at radius 1 is 1.08 bits per heavy atom. The van der Waals surface area contributed by atoms with Gasteiger partial charge in [0.05, 0.1) is 16.4 Å². The summed E-state index contributed by atoms with van der Waals surface area (Å²) in [5, 5.41) is 2.25. The SMILES string of the molecule is NC(=O)[C@@H](CC[S@](=O)c1ccccc1)NC(=O)c1cccc(F)c1F. The molecule has 0 heterocycles. The van der Waals surface area contributed by atoms with Crippen molar-refractivity contribution >= 4 is 22.6 Å². The topological polar surface area (TPSA) is 89.3 Å². The Morgan fingerprint density at radius 2 is 1.76 bits per heavy atom. The zero-order chi connectivity index (χ0) is 18.4. The van der Waals surface area contributed by atoms with Crippen molar-refractivity contribution in [3.8, 4) is 0 Å². The molecular formula is C17H16F2N2O3S. The van der Waals surface area contributed by atoms with Crippen LogP contribution in [-0.4, -0.2) is 27.8 Å². The van der Waals surface area contributed by atoms with Crippen LogP contribution in [0.4, 0.5) is 8.78 Å². The first-order valence-electron chi connectivity index (χ1n) is 7.37. The molecule has 0 aliphatic rings. The predicted octanol–water partition coefficient (Wildman–Crippen LogP) is 1.75. The Hall–Kier alpha value is -2.61. The molecule has 0 unspecified atom stereocenters. The number of rotatable bonds is 7. The minimum Gasteiger partial charge on any atom is -0.368 e. The molecule has 0 spiro atoms. The average Bonchev–Trinajstić information content (AvgIpc) is 2.61. The molecule has 0 fully saturated rings. The van der Waals surface area contributed by atoms with Crippen molar-refractivity contribution in [3.05, 3.63) is 65.7 Å². The number of hydrogen-bond donors (Lipinski definition) is 2. The zero-order valence-electron chi connectivity index (χ0n) is 13.1. The van der Waals surface area contributed by atoms with Gasteiger partial charge in [0.2, 0.25) is 5.91 Å². The first-order valence-corrected chi connectivity index (χ1v) is 8.69. The van der Waals surface area contributed by atoms with Crippen molar-refractivity contribution in [2.75, 3.05) is 5.75 Å². The van der Waals surface area contributed by atoms with E-state index in [1.165, 1.54) is 6.07 Å². The molecule has 0 aliphatic carbocycles. The van der Waals surface area contributed by atoms with Crippen LogP contribution in [0.5, 0.6) is 0 Å². The molecule has 0 aliphatic heterocycles. The number of amides is 2. The molecule has 8 heteroatoms. The maximum atomic E-state index is 13.6. The third kappa shape index (κ3) is 4.93. The van der Waals surface area contributed by atoms with Gasteiger partial charge in [-0.3, -0.25) is 13.8 Å². The van der Waals surface area contributed by atoms with Gasteiger partial charge in [0, 0.05) is 10.6 Å². The van der Waals surface area contributed by atoms with Crippen LogP contribution in [-0.2, 0) is 15.6 Å². The molecule has 132 valence electrons. The molecule has 3 N–H and O–H groups in total. The lowest BCUT2D eigenvalue weighted by Crippen LogP contribution is -2.45. The monoisotopic (exact) mass is 366 g/mol. The van der Waals surface area contributed by atoms with E-state index < -0.39 is 45.9 Å². The van der Waals surface area contributed by atoms with E-state index in [4.69, 9.17) is 5.73 Å². The fourth-order valence-corrected chi connectivity index (χ4v) is 3.26. The average molecular weight is 366 g/mol. The second-order valence-electron chi connectivity index (χ2n) is 5.18. The van der Waals surface area contributed by atoms with E-state index in [-0.39, 0.29) is 12.2 Å². The quantitative estimate of drug-likeness (QED) is 0.782. The van der Waals surface area contributed by atoms with Crippen LogP contribution in [0.3, 0.4) is 0 Å². The van der Waals surface area contributed by atoms with E-state index in [0.29, 0.717) is 4.90 Å². The van der Waals surface area contributed by atoms with Gasteiger partial charge in [0.15, 0.2) is 11.6 Å². The minimum absolute atomic E-state index is 0.000483. The number of benzene rings is 2. The van der Waals surface area contributed by atoms with Gasteiger partial charge in [-0.15, -0.1) is 0 Å². The smallest absolute Gasteiger partial charge is 0.255 e. The third-order valence-corrected chi connectivity index (χ3v) is 4.85. The fourth-order valence-electron chi connectivity index (χ4n) is 2.12. The van der Waals surface area contributed by atoms with Gasteiger partial charge in [-0.1, -0.05) is 24.3 Å². The molecule has 2 aromatic rings. The molecule has 2 rings (SSSR count). The van der Waals surface area contributed by atoms with Crippen molar-refractivity contribution in [1.29, 1.82) is 0 Å². The van der Waals surface area contributed by atoms with E-state index in [9.17, 15) is 22.6 Å². The van der Waals surface area contributed by atoms with Crippen molar-refractivity contribution < 1.29 is 22.6 Å². The molecule has 0 radical (unpaired) electrons. The summed E-state index contributed by atoms with van der Waals surface area (Å²) in [6.45, 7) is 0. The minimum atomic E-state index is -1.38. The van der Waals surface area contributed by atoms with Crippen LogP contribution in [0.1, 0.15) is 16.8 Å². The van der Waals surface area contributed by atoms with E-state index in [1.807, 2.05) is 0 Å². The Labute approximate surface area is 145 Å². The van der Waals surface area contributed by atoms with E-state index in [1.54, 1.807) is 30.3 Å². The summed E-state index contributed by atoms with van der Waals surface area (Å²) in [6.07, 6.45) is -0.000483. The second-order valence-corrected chi connectivity index (χ2v) is 6.75. The molecule has 0 saturated heterocycles. The van der Waals surface area contributed by atoms with Crippen molar-refractivity contribution in [2.24, 2.45) is 5.73 Å². The van der Waals surface area contributed by atoms with Crippen molar-refractivity contribution in [2.45, 2.75) is 17.4 Å². The van der Waals surface area contributed by atoms with Gasteiger partial charge in [-0.2, -0.15) is 0 Å². The Balaban J connectivity index is 2.03. The Kier molecular flexibility index (Phi) is 6.35. The predicted molar refractivity (Wildman–Crippen MR) is 89.1 cm³/mol. The number of hydrogen-bond acceptors (Lipinski definition) is 3. The van der Waals surface area contributed by atoms with Crippen LogP contribution in [0.15, 0.2) is 53.4 Å². The standard InChI is InChI=1S/C17H16F2N2O3S/c18-13-8-4-7-12(15(13)19)17(23)21-14(16(20)22)9-10-25(24)11-5-2-1-3-6-11/h1-8,14H,9-10H2,(H2,20,22)(H,21,23)/t14-,25+/m1/s1.